The van der Waals surface area contributed by atoms with Crippen LogP contribution in [0.5, 0.6) is 0 Å². The quantitative estimate of drug-likeness (QED) is 0.943. The van der Waals surface area contributed by atoms with Crippen LogP contribution in [0.4, 0.5) is 5.82 Å². The number of carboxylic acid groups (broad SMARTS) is 1. The largest absolute Gasteiger partial charge is 0.476 e. The van der Waals surface area contributed by atoms with Gasteiger partial charge in [0.2, 0.25) is 0 Å². The maximum atomic E-state index is 10.8. The molecule has 1 aromatic heterocycles. The van der Waals surface area contributed by atoms with Crippen molar-refractivity contribution in [1.29, 1.82) is 0 Å². The predicted octanol–water partition coefficient (Wildman–Crippen LogP) is 3.17. The van der Waals surface area contributed by atoms with Crippen LogP contribution in [0.2, 0.25) is 5.02 Å². The molecule has 3 rings (SSSR count). The van der Waals surface area contributed by atoms with Crippen molar-refractivity contribution in [1.82, 2.24) is 9.97 Å². The summed E-state index contributed by atoms with van der Waals surface area (Å²) in [6.07, 6.45) is 4.92. The third-order valence-electron chi connectivity index (χ3n) is 3.66. The topological polar surface area (TPSA) is 66.3 Å². The maximum Gasteiger partial charge on any atom is 0.356 e. The summed E-state index contributed by atoms with van der Waals surface area (Å²) in [5.41, 5.74) is 1.14. The zero-order chi connectivity index (χ0) is 14.8. The first-order valence-electron chi connectivity index (χ1n) is 6.72. The highest BCUT2D eigenvalue weighted by Gasteiger charge is 2.27. The van der Waals surface area contributed by atoms with Crippen LogP contribution < -0.4 is 4.90 Å². The summed E-state index contributed by atoms with van der Waals surface area (Å²) in [5, 5.41) is 9.59. The van der Waals surface area contributed by atoms with Crippen molar-refractivity contribution in [3.05, 3.63) is 52.9 Å². The van der Waals surface area contributed by atoms with Crippen LogP contribution in [-0.2, 0) is 0 Å². The molecule has 1 aliphatic rings. The van der Waals surface area contributed by atoms with Gasteiger partial charge in [0.05, 0.1) is 18.4 Å². The molecule has 1 saturated heterocycles. The van der Waals surface area contributed by atoms with Gasteiger partial charge in [0.25, 0.3) is 0 Å². The van der Waals surface area contributed by atoms with Crippen molar-refractivity contribution < 1.29 is 9.90 Å². The highest BCUT2D eigenvalue weighted by Crippen LogP contribution is 2.35. The van der Waals surface area contributed by atoms with Crippen molar-refractivity contribution in [2.45, 2.75) is 18.9 Å². The van der Waals surface area contributed by atoms with Crippen LogP contribution in [0, 0.1) is 0 Å². The minimum atomic E-state index is -1.07. The molecule has 0 spiro atoms. The van der Waals surface area contributed by atoms with E-state index in [9.17, 15) is 4.79 Å². The smallest absolute Gasteiger partial charge is 0.356 e. The van der Waals surface area contributed by atoms with E-state index < -0.39 is 5.97 Å². The molecule has 108 valence electrons. The van der Waals surface area contributed by atoms with Gasteiger partial charge in [-0.3, -0.25) is 0 Å². The number of hydrogen-bond acceptors (Lipinski definition) is 4. The average molecular weight is 304 g/mol. The number of carbonyl (C=O) groups is 1. The molecule has 0 bridgehead atoms. The van der Waals surface area contributed by atoms with E-state index in [0.717, 1.165) is 19.4 Å². The SMILES string of the molecule is O=C(O)c1cnc(N2CCCC2c2ccc(Cl)cc2)cn1. The fourth-order valence-corrected chi connectivity index (χ4v) is 2.78. The monoisotopic (exact) mass is 303 g/mol. The summed E-state index contributed by atoms with van der Waals surface area (Å²) >= 11 is 5.93. The van der Waals surface area contributed by atoms with Crippen LogP contribution in [0.3, 0.4) is 0 Å². The second kappa shape index (κ2) is 5.69. The Morgan fingerprint density at radius 2 is 2.00 bits per heavy atom. The molecular weight excluding hydrogens is 290 g/mol. The number of benzene rings is 1. The lowest BCUT2D eigenvalue weighted by atomic mass is 10.0. The van der Waals surface area contributed by atoms with Crippen LogP contribution in [0.1, 0.15) is 34.9 Å². The van der Waals surface area contributed by atoms with Gasteiger partial charge in [0, 0.05) is 11.6 Å². The van der Waals surface area contributed by atoms with Crippen molar-refractivity contribution in [3.63, 3.8) is 0 Å². The van der Waals surface area contributed by atoms with E-state index in [1.807, 2.05) is 24.3 Å². The number of aromatic carboxylic acids is 1. The number of nitrogens with zero attached hydrogens (tertiary/aromatic N) is 3. The van der Waals surface area contributed by atoms with Crippen LogP contribution in [-0.4, -0.2) is 27.6 Å². The van der Waals surface area contributed by atoms with E-state index in [1.54, 1.807) is 0 Å². The van der Waals surface area contributed by atoms with Gasteiger partial charge in [-0.1, -0.05) is 23.7 Å². The minimum Gasteiger partial charge on any atom is -0.476 e. The molecule has 0 saturated carbocycles. The maximum absolute atomic E-state index is 10.8. The zero-order valence-electron chi connectivity index (χ0n) is 11.2. The molecule has 6 heteroatoms. The number of carboxylic acids is 1. The van der Waals surface area contributed by atoms with E-state index in [0.29, 0.717) is 10.8 Å². The summed E-state index contributed by atoms with van der Waals surface area (Å²) in [5.74, 6) is -0.359. The summed E-state index contributed by atoms with van der Waals surface area (Å²) in [7, 11) is 0. The molecule has 1 N–H and O–H groups in total. The molecular formula is C15H14ClN3O2. The number of rotatable bonds is 3. The van der Waals surface area contributed by atoms with E-state index in [2.05, 4.69) is 14.9 Å². The molecule has 1 fully saturated rings. The van der Waals surface area contributed by atoms with Gasteiger partial charge in [0.1, 0.15) is 5.82 Å². The van der Waals surface area contributed by atoms with Crippen molar-refractivity contribution in [3.8, 4) is 0 Å². The van der Waals surface area contributed by atoms with Crippen molar-refractivity contribution >= 4 is 23.4 Å². The summed E-state index contributed by atoms with van der Waals surface area (Å²) in [4.78, 5) is 21.1. The minimum absolute atomic E-state index is 0.0408. The zero-order valence-corrected chi connectivity index (χ0v) is 12.0. The molecule has 1 atom stereocenters. The molecule has 0 radical (unpaired) electrons. The van der Waals surface area contributed by atoms with E-state index in [1.165, 1.54) is 18.0 Å². The first-order valence-corrected chi connectivity index (χ1v) is 7.10. The highest BCUT2D eigenvalue weighted by atomic mass is 35.5. The Labute approximate surface area is 127 Å². The molecule has 5 nitrogen and oxygen atoms in total. The Morgan fingerprint density at radius 3 is 2.62 bits per heavy atom. The summed E-state index contributed by atoms with van der Waals surface area (Å²) < 4.78 is 0. The molecule has 1 aliphatic heterocycles. The van der Waals surface area contributed by atoms with Gasteiger partial charge < -0.3 is 10.0 Å². The van der Waals surface area contributed by atoms with E-state index >= 15 is 0 Å². The van der Waals surface area contributed by atoms with Gasteiger partial charge in [-0.25, -0.2) is 14.8 Å². The Hall–Kier alpha value is -2.14. The first kappa shape index (κ1) is 13.8. The average Bonchev–Trinajstić information content (AvgIpc) is 2.97. The molecule has 0 amide bonds. The predicted molar refractivity (Wildman–Crippen MR) is 79.8 cm³/mol. The van der Waals surface area contributed by atoms with Crippen LogP contribution in [0.25, 0.3) is 0 Å². The number of hydrogen-bond donors (Lipinski definition) is 1. The number of aromatic nitrogens is 2. The van der Waals surface area contributed by atoms with Gasteiger partial charge in [-0.15, -0.1) is 0 Å². The summed E-state index contributed by atoms with van der Waals surface area (Å²) in [6.45, 7) is 0.883. The third kappa shape index (κ3) is 2.83. The lowest BCUT2D eigenvalue weighted by Crippen LogP contribution is -2.24. The molecule has 21 heavy (non-hydrogen) atoms. The summed E-state index contributed by atoms with van der Waals surface area (Å²) in [6, 6.07) is 8.03. The molecule has 1 aromatic carbocycles. The Morgan fingerprint density at radius 1 is 1.24 bits per heavy atom. The molecule has 0 aliphatic carbocycles. The second-order valence-electron chi connectivity index (χ2n) is 4.97. The Balaban J connectivity index is 1.86. The normalized spacial score (nSPS) is 18.0. The highest BCUT2D eigenvalue weighted by molar-refractivity contribution is 6.30. The number of anilines is 1. The van der Waals surface area contributed by atoms with Crippen molar-refractivity contribution in [2.24, 2.45) is 0 Å². The molecule has 2 aromatic rings. The first-order chi connectivity index (χ1) is 10.1. The van der Waals surface area contributed by atoms with Crippen LogP contribution in [0.15, 0.2) is 36.7 Å². The van der Waals surface area contributed by atoms with E-state index in [4.69, 9.17) is 16.7 Å². The van der Waals surface area contributed by atoms with Gasteiger partial charge in [0.15, 0.2) is 5.69 Å². The van der Waals surface area contributed by atoms with Crippen molar-refractivity contribution in [2.75, 3.05) is 11.4 Å². The molecule has 2 heterocycles. The number of halogens is 1. The standard InChI is InChI=1S/C15H14ClN3O2/c16-11-5-3-10(4-6-11)13-2-1-7-19(13)14-9-17-12(8-18-14)15(20)21/h3-6,8-9,13H,1-2,7H2,(H,20,21). The lowest BCUT2D eigenvalue weighted by molar-refractivity contribution is 0.0690. The van der Waals surface area contributed by atoms with Gasteiger partial charge >= 0.3 is 5.97 Å². The van der Waals surface area contributed by atoms with Crippen LogP contribution >= 0.6 is 11.6 Å². The fraction of sp³-hybridized carbons (Fsp3) is 0.267. The van der Waals surface area contributed by atoms with Gasteiger partial charge in [-0.2, -0.15) is 0 Å². The molecule has 1 unspecified atom stereocenters. The Kier molecular flexibility index (Phi) is 3.75. The van der Waals surface area contributed by atoms with Gasteiger partial charge in [-0.05, 0) is 30.5 Å². The second-order valence-corrected chi connectivity index (χ2v) is 5.40. The fourth-order valence-electron chi connectivity index (χ4n) is 2.65. The third-order valence-corrected chi connectivity index (χ3v) is 3.91. The lowest BCUT2D eigenvalue weighted by Gasteiger charge is -2.25. The Bertz CT molecular complexity index is 643. The van der Waals surface area contributed by atoms with E-state index in [-0.39, 0.29) is 11.7 Å².